The molecule has 6 nitrogen and oxygen atoms in total. The van der Waals surface area contributed by atoms with Crippen LogP contribution < -0.4 is 0 Å². The summed E-state index contributed by atoms with van der Waals surface area (Å²) in [6, 6.07) is 17.9. The number of carbonyl (C=O) groups excluding carboxylic acids is 3. The molecule has 0 radical (unpaired) electrons. The number of hydrogen-bond donors (Lipinski definition) is 0. The minimum atomic E-state index is -1.12. The molecule has 0 spiro atoms. The van der Waals surface area contributed by atoms with Crippen LogP contribution in [0.1, 0.15) is 56.9 Å². The molecule has 1 aliphatic carbocycles. The zero-order valence-corrected chi connectivity index (χ0v) is 21.3. The second kappa shape index (κ2) is 10.6. The van der Waals surface area contributed by atoms with Crippen molar-refractivity contribution >= 4 is 17.7 Å². The molecule has 3 fully saturated rings. The zero-order valence-electron chi connectivity index (χ0n) is 21.3. The van der Waals surface area contributed by atoms with Gasteiger partial charge in [0.05, 0.1) is 5.41 Å². The number of imide groups is 1. The third-order valence-electron chi connectivity index (χ3n) is 8.10. The van der Waals surface area contributed by atoms with Crippen LogP contribution in [-0.4, -0.2) is 71.7 Å². The maximum absolute atomic E-state index is 13.8. The summed E-state index contributed by atoms with van der Waals surface area (Å²) in [5, 5.41) is 0. The van der Waals surface area contributed by atoms with Crippen molar-refractivity contribution < 1.29 is 14.4 Å². The minimum absolute atomic E-state index is 0.00726. The highest BCUT2D eigenvalue weighted by Gasteiger charge is 2.57. The van der Waals surface area contributed by atoms with Crippen LogP contribution in [0.3, 0.4) is 0 Å². The molecular formula is C30H37N3O3. The van der Waals surface area contributed by atoms with Gasteiger partial charge in [-0.25, -0.2) is 0 Å². The first-order chi connectivity index (χ1) is 17.5. The van der Waals surface area contributed by atoms with Gasteiger partial charge in [0.1, 0.15) is 0 Å². The Balaban J connectivity index is 1.33. The standard InChI is InChI=1S/C30H37N3O3/c1-31(17-8-20-32-18-6-3-7-19-32)27(34)21-30(22-28(35)33(29(30)36)26-15-16-26)25-13-11-24(12-14-25)23-9-4-2-5-10-23/h2,4-5,9-14,26H,3,6-8,15-22H2,1H3/t30-/m1/s1. The lowest BCUT2D eigenvalue weighted by atomic mass is 9.75. The second-order valence-electron chi connectivity index (χ2n) is 10.8. The SMILES string of the molecule is CN(CCCN1CCCCC1)C(=O)C[C@]1(c2ccc(-c3ccccc3)cc2)CC(=O)N(C2CC2)C1=O. The lowest BCUT2D eigenvalue weighted by Crippen LogP contribution is -2.43. The maximum atomic E-state index is 13.8. The van der Waals surface area contributed by atoms with Crippen molar-refractivity contribution in [1.29, 1.82) is 0 Å². The maximum Gasteiger partial charge on any atom is 0.241 e. The predicted octanol–water partition coefficient (Wildman–Crippen LogP) is 4.24. The Morgan fingerprint density at radius 1 is 0.944 bits per heavy atom. The van der Waals surface area contributed by atoms with E-state index in [1.165, 1.54) is 24.2 Å². The Morgan fingerprint density at radius 3 is 2.28 bits per heavy atom. The number of carbonyl (C=O) groups is 3. The topological polar surface area (TPSA) is 60.9 Å². The number of nitrogens with zero attached hydrogens (tertiary/aromatic N) is 3. The summed E-state index contributed by atoms with van der Waals surface area (Å²) >= 11 is 0. The van der Waals surface area contributed by atoms with E-state index in [0.717, 1.165) is 55.6 Å². The summed E-state index contributed by atoms with van der Waals surface area (Å²) < 4.78 is 0. The van der Waals surface area contributed by atoms with E-state index < -0.39 is 5.41 Å². The van der Waals surface area contributed by atoms with Crippen molar-refractivity contribution in [2.24, 2.45) is 0 Å². The average Bonchev–Trinajstić information content (AvgIpc) is 3.70. The number of rotatable bonds is 9. The molecule has 36 heavy (non-hydrogen) atoms. The number of amides is 3. The van der Waals surface area contributed by atoms with E-state index in [1.54, 1.807) is 4.90 Å². The van der Waals surface area contributed by atoms with E-state index in [0.29, 0.717) is 6.54 Å². The molecule has 0 unspecified atom stereocenters. The Hall–Kier alpha value is -2.99. The molecule has 5 rings (SSSR count). The molecule has 190 valence electrons. The molecule has 2 aliphatic heterocycles. The normalized spacial score (nSPS) is 22.8. The molecule has 2 aromatic rings. The van der Waals surface area contributed by atoms with Crippen LogP contribution in [0.4, 0.5) is 0 Å². The Morgan fingerprint density at radius 2 is 1.61 bits per heavy atom. The van der Waals surface area contributed by atoms with Crippen molar-refractivity contribution in [3.63, 3.8) is 0 Å². The smallest absolute Gasteiger partial charge is 0.241 e. The molecule has 3 aliphatic rings. The third kappa shape index (κ3) is 5.10. The van der Waals surface area contributed by atoms with Gasteiger partial charge in [0.2, 0.25) is 17.7 Å². The predicted molar refractivity (Wildman–Crippen MR) is 140 cm³/mol. The van der Waals surface area contributed by atoms with Crippen molar-refractivity contribution in [1.82, 2.24) is 14.7 Å². The van der Waals surface area contributed by atoms with Crippen LogP contribution in [-0.2, 0) is 19.8 Å². The van der Waals surface area contributed by atoms with Gasteiger partial charge in [-0.2, -0.15) is 0 Å². The summed E-state index contributed by atoms with van der Waals surface area (Å²) in [5.41, 5.74) is 1.79. The Kier molecular flexibility index (Phi) is 7.24. The van der Waals surface area contributed by atoms with E-state index in [4.69, 9.17) is 0 Å². The van der Waals surface area contributed by atoms with Crippen LogP contribution in [0.15, 0.2) is 54.6 Å². The molecule has 2 saturated heterocycles. The molecule has 2 aromatic carbocycles. The second-order valence-corrected chi connectivity index (χ2v) is 10.8. The van der Waals surface area contributed by atoms with Gasteiger partial charge < -0.3 is 9.80 Å². The first-order valence-corrected chi connectivity index (χ1v) is 13.5. The van der Waals surface area contributed by atoms with Gasteiger partial charge >= 0.3 is 0 Å². The van der Waals surface area contributed by atoms with Gasteiger partial charge in [-0.3, -0.25) is 19.3 Å². The summed E-state index contributed by atoms with van der Waals surface area (Å²) in [6.07, 6.45) is 6.58. The molecule has 0 aromatic heterocycles. The third-order valence-corrected chi connectivity index (χ3v) is 8.10. The number of likely N-dealkylation sites (tertiary alicyclic amines) is 2. The Bertz CT molecular complexity index is 1090. The van der Waals surface area contributed by atoms with E-state index >= 15 is 0 Å². The van der Waals surface area contributed by atoms with Crippen molar-refractivity contribution in [2.75, 3.05) is 33.2 Å². The van der Waals surface area contributed by atoms with E-state index in [2.05, 4.69) is 4.90 Å². The Labute approximate surface area is 214 Å². The summed E-state index contributed by atoms with van der Waals surface area (Å²) in [6.45, 7) is 3.95. The lowest BCUT2D eigenvalue weighted by Gasteiger charge is -2.30. The molecule has 6 heteroatoms. The van der Waals surface area contributed by atoms with Crippen molar-refractivity contribution in [2.45, 2.75) is 62.8 Å². The van der Waals surface area contributed by atoms with Gasteiger partial charge in [-0.1, -0.05) is 61.0 Å². The van der Waals surface area contributed by atoms with Gasteiger partial charge in [0, 0.05) is 32.5 Å². The highest BCUT2D eigenvalue weighted by Crippen LogP contribution is 2.44. The molecule has 2 heterocycles. The quantitative estimate of drug-likeness (QED) is 0.497. The van der Waals surface area contributed by atoms with Crippen LogP contribution >= 0.6 is 0 Å². The average molecular weight is 488 g/mol. The molecule has 1 saturated carbocycles. The fourth-order valence-corrected chi connectivity index (χ4v) is 5.78. The molecular weight excluding hydrogens is 450 g/mol. The number of hydrogen-bond acceptors (Lipinski definition) is 4. The van der Waals surface area contributed by atoms with E-state index in [1.807, 2.05) is 61.6 Å². The van der Waals surface area contributed by atoms with E-state index in [-0.39, 0.29) is 36.6 Å². The molecule has 0 N–H and O–H groups in total. The van der Waals surface area contributed by atoms with Gasteiger partial charge in [-0.15, -0.1) is 0 Å². The van der Waals surface area contributed by atoms with Crippen molar-refractivity contribution in [3.8, 4) is 11.1 Å². The van der Waals surface area contributed by atoms with Crippen LogP contribution in [0.2, 0.25) is 0 Å². The number of benzene rings is 2. The zero-order chi connectivity index (χ0) is 25.1. The summed E-state index contributed by atoms with van der Waals surface area (Å²) in [5.74, 6) is -0.410. The monoisotopic (exact) mass is 487 g/mol. The summed E-state index contributed by atoms with van der Waals surface area (Å²) in [7, 11) is 1.82. The van der Waals surface area contributed by atoms with Gasteiger partial charge in [-0.05, 0) is 68.4 Å². The largest absolute Gasteiger partial charge is 0.346 e. The first kappa shape index (κ1) is 24.7. The van der Waals surface area contributed by atoms with Crippen molar-refractivity contribution in [3.05, 3.63) is 60.2 Å². The van der Waals surface area contributed by atoms with Gasteiger partial charge in [0.25, 0.3) is 0 Å². The van der Waals surface area contributed by atoms with Crippen LogP contribution in [0.25, 0.3) is 11.1 Å². The fraction of sp³-hybridized carbons (Fsp3) is 0.500. The minimum Gasteiger partial charge on any atom is -0.346 e. The van der Waals surface area contributed by atoms with E-state index in [9.17, 15) is 14.4 Å². The molecule has 3 amide bonds. The highest BCUT2D eigenvalue weighted by molar-refractivity contribution is 6.11. The molecule has 0 bridgehead atoms. The lowest BCUT2D eigenvalue weighted by molar-refractivity contribution is -0.143. The highest BCUT2D eigenvalue weighted by atomic mass is 16.2. The molecule has 1 atom stereocenters. The van der Waals surface area contributed by atoms with Crippen LogP contribution in [0, 0.1) is 0 Å². The first-order valence-electron chi connectivity index (χ1n) is 13.5. The number of piperidine rings is 1. The summed E-state index contributed by atoms with van der Waals surface area (Å²) in [4.78, 5) is 45.9. The fourth-order valence-electron chi connectivity index (χ4n) is 5.78. The van der Waals surface area contributed by atoms with Crippen LogP contribution in [0.5, 0.6) is 0 Å². The van der Waals surface area contributed by atoms with Gasteiger partial charge in [0.15, 0.2) is 0 Å².